The van der Waals surface area contributed by atoms with Crippen LogP contribution in [0.4, 0.5) is 4.79 Å². The van der Waals surface area contributed by atoms with Crippen molar-refractivity contribution in [1.29, 1.82) is 0 Å². The Morgan fingerprint density at radius 1 is 0.920 bits per heavy atom. The van der Waals surface area contributed by atoms with Gasteiger partial charge in [0.2, 0.25) is 0 Å². The molecule has 0 atom stereocenters. The van der Waals surface area contributed by atoms with Crippen molar-refractivity contribution in [2.45, 2.75) is 18.9 Å². The van der Waals surface area contributed by atoms with Gasteiger partial charge in [0.1, 0.15) is 0 Å². The molecule has 6 nitrogen and oxygen atoms in total. The average molecular weight is 362 g/mol. The summed E-state index contributed by atoms with van der Waals surface area (Å²) < 4.78 is 30.0. The zero-order chi connectivity index (χ0) is 18.1. The molecule has 0 aliphatic carbocycles. The Kier molecular flexibility index (Phi) is 6.97. The van der Waals surface area contributed by atoms with Crippen LogP contribution in [0.2, 0.25) is 0 Å². The summed E-state index contributed by atoms with van der Waals surface area (Å²) in [5.74, 6) is -0.299. The summed E-state index contributed by atoms with van der Waals surface area (Å²) >= 11 is 0. The van der Waals surface area contributed by atoms with E-state index in [-0.39, 0.29) is 17.8 Å². The molecule has 3 N–H and O–H groups in total. The number of urea groups is 1. The molecule has 2 aromatic rings. The van der Waals surface area contributed by atoms with Crippen LogP contribution in [0.1, 0.15) is 30.0 Å². The lowest BCUT2D eigenvalue weighted by Crippen LogP contribution is -2.38. The van der Waals surface area contributed by atoms with Crippen molar-refractivity contribution in [3.63, 3.8) is 0 Å². The Morgan fingerprint density at radius 2 is 1.44 bits per heavy atom. The third kappa shape index (κ3) is 6.94. The fraction of sp³-hybridized carbons (Fsp3) is 0.278. The standard InChI is InChI=1S/C18H22N2O4S/c21-18(19-13-7-8-14-25(22,23)24)20-17(15-9-3-1-4-10-15)16-11-5-2-6-12-16/h1-6,9-12,17H,7-8,13-14H2,(H2,19,20,21)(H,22,23,24). The number of amides is 2. The molecule has 25 heavy (non-hydrogen) atoms. The molecule has 0 aliphatic rings. The molecule has 0 saturated carbocycles. The minimum absolute atomic E-state index is 0.278. The number of nitrogens with one attached hydrogen (secondary N) is 2. The van der Waals surface area contributed by atoms with Crippen molar-refractivity contribution in [3.05, 3.63) is 71.8 Å². The average Bonchev–Trinajstić information content (AvgIpc) is 2.60. The van der Waals surface area contributed by atoms with Gasteiger partial charge in [-0.1, -0.05) is 60.7 Å². The van der Waals surface area contributed by atoms with Crippen LogP contribution >= 0.6 is 0 Å². The summed E-state index contributed by atoms with van der Waals surface area (Å²) in [7, 11) is -3.94. The number of rotatable bonds is 8. The molecule has 0 heterocycles. The first-order valence-electron chi connectivity index (χ1n) is 8.05. The minimum Gasteiger partial charge on any atom is -0.338 e. The van der Waals surface area contributed by atoms with E-state index in [0.717, 1.165) is 11.1 Å². The predicted octanol–water partition coefficient (Wildman–Crippen LogP) is 2.74. The predicted molar refractivity (Wildman–Crippen MR) is 96.9 cm³/mol. The highest BCUT2D eigenvalue weighted by Gasteiger charge is 2.16. The number of hydrogen-bond acceptors (Lipinski definition) is 3. The van der Waals surface area contributed by atoms with Crippen molar-refractivity contribution in [2.24, 2.45) is 0 Å². The summed E-state index contributed by atoms with van der Waals surface area (Å²) in [4.78, 5) is 12.2. The second-order valence-corrected chi connectivity index (χ2v) is 7.22. The highest BCUT2D eigenvalue weighted by atomic mass is 32.2. The molecule has 134 valence electrons. The van der Waals surface area contributed by atoms with E-state index in [1.807, 2.05) is 60.7 Å². The fourth-order valence-corrected chi connectivity index (χ4v) is 3.01. The first-order chi connectivity index (χ1) is 12.0. The third-order valence-electron chi connectivity index (χ3n) is 3.66. The molecule has 2 rings (SSSR count). The summed E-state index contributed by atoms with van der Waals surface area (Å²) in [6.45, 7) is 0.331. The molecule has 7 heteroatoms. The number of carbonyl (C=O) groups excluding carboxylic acids is 1. The summed E-state index contributed by atoms with van der Waals surface area (Å²) in [6, 6.07) is 18.7. The molecule has 0 fully saturated rings. The van der Waals surface area contributed by atoms with E-state index in [4.69, 9.17) is 4.55 Å². The SMILES string of the molecule is O=C(NCCCCS(=O)(=O)O)NC(c1ccccc1)c1ccccc1. The van der Waals surface area contributed by atoms with E-state index < -0.39 is 10.1 Å². The highest BCUT2D eigenvalue weighted by Crippen LogP contribution is 2.21. The van der Waals surface area contributed by atoms with Gasteiger partial charge in [0.15, 0.2) is 0 Å². The topological polar surface area (TPSA) is 95.5 Å². The van der Waals surface area contributed by atoms with Gasteiger partial charge in [0, 0.05) is 6.54 Å². The lowest BCUT2D eigenvalue weighted by atomic mass is 9.99. The molecule has 0 radical (unpaired) electrons. The van der Waals surface area contributed by atoms with E-state index in [1.54, 1.807) is 0 Å². The zero-order valence-corrected chi connectivity index (χ0v) is 14.6. The Balaban J connectivity index is 1.92. The Bertz CT molecular complexity index is 725. The molecule has 0 saturated heterocycles. The Hall–Kier alpha value is -2.38. The molecule has 2 amide bonds. The van der Waals surface area contributed by atoms with Crippen molar-refractivity contribution >= 4 is 16.1 Å². The number of unbranched alkanes of at least 4 members (excludes halogenated alkanes) is 1. The smallest absolute Gasteiger partial charge is 0.315 e. The molecular weight excluding hydrogens is 340 g/mol. The first kappa shape index (κ1) is 19.0. The van der Waals surface area contributed by atoms with Gasteiger partial charge in [-0.25, -0.2) is 4.79 Å². The maximum atomic E-state index is 12.2. The van der Waals surface area contributed by atoms with Crippen LogP contribution in [0.3, 0.4) is 0 Å². The maximum absolute atomic E-state index is 12.2. The largest absolute Gasteiger partial charge is 0.338 e. The van der Waals surface area contributed by atoms with Crippen molar-refractivity contribution < 1.29 is 17.8 Å². The van der Waals surface area contributed by atoms with E-state index in [2.05, 4.69) is 10.6 Å². The van der Waals surface area contributed by atoms with Gasteiger partial charge < -0.3 is 10.6 Å². The molecule has 0 spiro atoms. The second-order valence-electron chi connectivity index (χ2n) is 5.65. The van der Waals surface area contributed by atoms with E-state index in [9.17, 15) is 13.2 Å². The lowest BCUT2D eigenvalue weighted by molar-refractivity contribution is 0.238. The van der Waals surface area contributed by atoms with Gasteiger partial charge in [0.25, 0.3) is 10.1 Å². The van der Waals surface area contributed by atoms with Crippen LogP contribution in [0.25, 0.3) is 0 Å². The van der Waals surface area contributed by atoms with Crippen molar-refractivity contribution in [2.75, 3.05) is 12.3 Å². The number of hydrogen-bond donors (Lipinski definition) is 3. The molecule has 0 aliphatic heterocycles. The van der Waals surface area contributed by atoms with Crippen LogP contribution in [0, 0.1) is 0 Å². The van der Waals surface area contributed by atoms with Crippen molar-refractivity contribution in [1.82, 2.24) is 10.6 Å². The van der Waals surface area contributed by atoms with Gasteiger partial charge in [-0.15, -0.1) is 0 Å². The Labute approximate surface area is 148 Å². The van der Waals surface area contributed by atoms with E-state index in [1.165, 1.54) is 0 Å². The maximum Gasteiger partial charge on any atom is 0.315 e. The molecule has 0 aromatic heterocycles. The fourth-order valence-electron chi connectivity index (χ4n) is 2.44. The lowest BCUT2D eigenvalue weighted by Gasteiger charge is -2.20. The zero-order valence-electron chi connectivity index (χ0n) is 13.8. The second kappa shape index (κ2) is 9.19. The third-order valence-corrected chi connectivity index (χ3v) is 4.46. The molecule has 0 unspecified atom stereocenters. The van der Waals surface area contributed by atoms with Gasteiger partial charge >= 0.3 is 6.03 Å². The van der Waals surface area contributed by atoms with Crippen LogP contribution < -0.4 is 10.6 Å². The van der Waals surface area contributed by atoms with Gasteiger partial charge in [-0.2, -0.15) is 8.42 Å². The molecule has 2 aromatic carbocycles. The quantitative estimate of drug-likeness (QED) is 0.497. The van der Waals surface area contributed by atoms with Crippen LogP contribution in [0.15, 0.2) is 60.7 Å². The first-order valence-corrected chi connectivity index (χ1v) is 9.66. The number of benzene rings is 2. The number of carbonyl (C=O) groups is 1. The molecular formula is C18H22N2O4S. The van der Waals surface area contributed by atoms with E-state index >= 15 is 0 Å². The van der Waals surface area contributed by atoms with Gasteiger partial charge in [0.05, 0.1) is 11.8 Å². The van der Waals surface area contributed by atoms with Crippen molar-refractivity contribution in [3.8, 4) is 0 Å². The van der Waals surface area contributed by atoms with Gasteiger partial charge in [-0.05, 0) is 24.0 Å². The Morgan fingerprint density at radius 3 is 1.92 bits per heavy atom. The summed E-state index contributed by atoms with van der Waals surface area (Å²) in [6.07, 6.45) is 0.758. The summed E-state index contributed by atoms with van der Waals surface area (Å²) in [5.41, 5.74) is 1.94. The molecule has 0 bridgehead atoms. The normalized spacial score (nSPS) is 11.3. The highest BCUT2D eigenvalue weighted by molar-refractivity contribution is 7.85. The van der Waals surface area contributed by atoms with Crippen LogP contribution in [-0.2, 0) is 10.1 Å². The summed E-state index contributed by atoms with van der Waals surface area (Å²) in [5, 5.41) is 5.65. The minimum atomic E-state index is -3.94. The van der Waals surface area contributed by atoms with E-state index in [0.29, 0.717) is 19.4 Å². The van der Waals surface area contributed by atoms with Crippen LogP contribution in [0.5, 0.6) is 0 Å². The van der Waals surface area contributed by atoms with Crippen LogP contribution in [-0.4, -0.2) is 31.3 Å². The monoisotopic (exact) mass is 362 g/mol. The van der Waals surface area contributed by atoms with Gasteiger partial charge in [-0.3, -0.25) is 4.55 Å².